The number of nitrogens with zero attached hydrogens (tertiary/aromatic N) is 1. The van der Waals surface area contributed by atoms with Crippen LogP contribution in [0.15, 0.2) is 12.4 Å². The third kappa shape index (κ3) is 2.72. The van der Waals surface area contributed by atoms with E-state index >= 15 is 0 Å². The number of aromatic nitrogens is 2. The van der Waals surface area contributed by atoms with Crippen molar-refractivity contribution in [1.82, 2.24) is 9.97 Å². The number of aromatic amines is 1. The predicted octanol–water partition coefficient (Wildman–Crippen LogP) is -0.710. The smallest absolute Gasteiger partial charge is 0.339 e. The summed E-state index contributed by atoms with van der Waals surface area (Å²) in [7, 11) is 2.30. The third-order valence-electron chi connectivity index (χ3n) is 4.37. The van der Waals surface area contributed by atoms with Crippen LogP contribution in [0.3, 0.4) is 0 Å². The molecular formula is C16H18N2O8. The Bertz CT molecular complexity index is 848. The van der Waals surface area contributed by atoms with E-state index in [2.05, 4.69) is 9.97 Å². The molecule has 4 N–H and O–H groups in total. The molecule has 4 atom stereocenters. The van der Waals surface area contributed by atoms with Crippen LogP contribution >= 0.6 is 0 Å². The number of imidazole rings is 1. The Labute approximate surface area is 147 Å². The summed E-state index contributed by atoms with van der Waals surface area (Å²) in [5, 5.41) is 29.7. The van der Waals surface area contributed by atoms with E-state index in [0.29, 0.717) is 5.52 Å². The van der Waals surface area contributed by atoms with Crippen LogP contribution in [-0.2, 0) is 14.2 Å². The molecule has 2 aromatic rings. The van der Waals surface area contributed by atoms with Crippen molar-refractivity contribution >= 4 is 23.0 Å². The predicted molar refractivity (Wildman–Crippen MR) is 85.5 cm³/mol. The van der Waals surface area contributed by atoms with E-state index in [1.54, 1.807) is 0 Å². The minimum absolute atomic E-state index is 0.0681. The van der Waals surface area contributed by atoms with Crippen LogP contribution in [0.2, 0.25) is 0 Å². The fourth-order valence-electron chi connectivity index (χ4n) is 3.12. The number of esters is 2. The maximum absolute atomic E-state index is 12.4. The van der Waals surface area contributed by atoms with Gasteiger partial charge in [0.1, 0.15) is 24.4 Å². The Morgan fingerprint density at radius 2 is 1.92 bits per heavy atom. The largest absolute Gasteiger partial charge is 0.465 e. The van der Waals surface area contributed by atoms with Gasteiger partial charge < -0.3 is 34.5 Å². The molecule has 10 heteroatoms. The summed E-state index contributed by atoms with van der Waals surface area (Å²) in [5.41, 5.74) is 0.426. The van der Waals surface area contributed by atoms with Gasteiger partial charge in [0.05, 0.1) is 49.3 Å². The number of nitrogens with one attached hydrogen (secondary N) is 1. The fraction of sp³-hybridized carbons (Fsp3) is 0.438. The van der Waals surface area contributed by atoms with Crippen LogP contribution in [0, 0.1) is 0 Å². The van der Waals surface area contributed by atoms with Crippen molar-refractivity contribution in [2.45, 2.75) is 24.4 Å². The van der Waals surface area contributed by atoms with Gasteiger partial charge in [0.2, 0.25) is 0 Å². The molecule has 10 nitrogen and oxygen atoms in total. The highest BCUT2D eigenvalue weighted by atomic mass is 16.6. The zero-order chi connectivity index (χ0) is 19.0. The normalized spacial score (nSPS) is 25.4. The highest BCUT2D eigenvalue weighted by Crippen LogP contribution is 2.39. The van der Waals surface area contributed by atoms with E-state index in [1.807, 2.05) is 0 Å². The molecule has 0 bridgehead atoms. The number of aliphatic hydroxyl groups is 3. The van der Waals surface area contributed by atoms with Gasteiger partial charge in [-0.2, -0.15) is 0 Å². The molecule has 0 saturated carbocycles. The van der Waals surface area contributed by atoms with Gasteiger partial charge in [-0.05, 0) is 6.07 Å². The summed E-state index contributed by atoms with van der Waals surface area (Å²) in [6, 6.07) is 1.38. The first-order valence-electron chi connectivity index (χ1n) is 7.73. The van der Waals surface area contributed by atoms with Crippen molar-refractivity contribution in [1.29, 1.82) is 0 Å². The first-order chi connectivity index (χ1) is 12.4. The highest BCUT2D eigenvalue weighted by Gasteiger charge is 2.46. The van der Waals surface area contributed by atoms with Crippen LogP contribution in [-0.4, -0.2) is 76.4 Å². The van der Waals surface area contributed by atoms with Crippen molar-refractivity contribution in [2.75, 3.05) is 20.8 Å². The molecule has 1 aliphatic heterocycles. The van der Waals surface area contributed by atoms with Crippen molar-refractivity contribution in [3.05, 3.63) is 29.1 Å². The monoisotopic (exact) mass is 366 g/mol. The number of ether oxygens (including phenoxy) is 3. The molecule has 3 rings (SSSR count). The second-order valence-electron chi connectivity index (χ2n) is 5.75. The Hall–Kier alpha value is -2.53. The molecule has 0 radical (unpaired) electrons. The molecule has 1 aromatic carbocycles. The standard InChI is InChI=1S/C16H18N2O8/c1-24-15(22)6-3-7-11(18-5-17-7)10(9(6)16(23)25-2)14-13(21)12(20)8(4-19)26-14/h3,5,8,12-14,19-21H,4H2,1-2H3,(H,17,18)/t8-,12-,13-,14+/m1/s1. The Morgan fingerprint density at radius 3 is 2.50 bits per heavy atom. The minimum Gasteiger partial charge on any atom is -0.465 e. The summed E-state index contributed by atoms with van der Waals surface area (Å²) in [6.45, 7) is -0.539. The van der Waals surface area contributed by atoms with Gasteiger partial charge in [0.15, 0.2) is 0 Å². The number of benzene rings is 1. The van der Waals surface area contributed by atoms with E-state index in [4.69, 9.17) is 14.2 Å². The van der Waals surface area contributed by atoms with Crippen molar-refractivity contribution in [3.63, 3.8) is 0 Å². The van der Waals surface area contributed by atoms with E-state index in [-0.39, 0.29) is 22.2 Å². The Morgan fingerprint density at radius 1 is 1.23 bits per heavy atom. The number of carbonyl (C=O) groups excluding carboxylic acids is 2. The lowest BCUT2D eigenvalue weighted by Gasteiger charge is -2.20. The van der Waals surface area contributed by atoms with Crippen molar-refractivity contribution in [3.8, 4) is 0 Å². The summed E-state index contributed by atoms with van der Waals surface area (Å²) in [5.74, 6) is -1.65. The highest BCUT2D eigenvalue weighted by molar-refractivity contribution is 6.08. The molecule has 0 spiro atoms. The molecule has 1 fully saturated rings. The summed E-state index contributed by atoms with van der Waals surface area (Å²) in [6.07, 6.45) is -3.77. The van der Waals surface area contributed by atoms with Crippen LogP contribution in [0.5, 0.6) is 0 Å². The van der Waals surface area contributed by atoms with Crippen LogP contribution in [0.1, 0.15) is 32.4 Å². The van der Waals surface area contributed by atoms with Gasteiger partial charge in [-0.3, -0.25) is 0 Å². The number of fused-ring (bicyclic) bond motifs is 1. The number of H-pyrrole nitrogens is 1. The minimum atomic E-state index is -1.46. The van der Waals surface area contributed by atoms with Crippen LogP contribution in [0.4, 0.5) is 0 Å². The maximum Gasteiger partial charge on any atom is 0.339 e. The van der Waals surface area contributed by atoms with Crippen molar-refractivity contribution < 1.29 is 39.1 Å². The molecule has 1 aromatic heterocycles. The third-order valence-corrected chi connectivity index (χ3v) is 4.37. The van der Waals surface area contributed by atoms with Gasteiger partial charge in [-0.25, -0.2) is 14.6 Å². The molecule has 26 heavy (non-hydrogen) atoms. The number of aliphatic hydroxyl groups excluding tert-OH is 3. The second-order valence-corrected chi connectivity index (χ2v) is 5.75. The number of hydrogen-bond donors (Lipinski definition) is 4. The lowest BCUT2D eigenvalue weighted by atomic mass is 9.92. The van der Waals surface area contributed by atoms with Crippen LogP contribution in [0.25, 0.3) is 11.0 Å². The van der Waals surface area contributed by atoms with Gasteiger partial charge in [-0.1, -0.05) is 0 Å². The average molecular weight is 366 g/mol. The summed E-state index contributed by atoms with van der Waals surface area (Å²) < 4.78 is 15.0. The lowest BCUT2D eigenvalue weighted by Crippen LogP contribution is -2.32. The fourth-order valence-corrected chi connectivity index (χ4v) is 3.12. The number of methoxy groups -OCH3 is 2. The molecule has 0 unspecified atom stereocenters. The van der Waals surface area contributed by atoms with Crippen LogP contribution < -0.4 is 0 Å². The summed E-state index contributed by atoms with van der Waals surface area (Å²) >= 11 is 0. The summed E-state index contributed by atoms with van der Waals surface area (Å²) in [4.78, 5) is 31.6. The Kier molecular flexibility index (Phi) is 4.92. The van der Waals surface area contributed by atoms with Gasteiger partial charge >= 0.3 is 11.9 Å². The van der Waals surface area contributed by atoms with E-state index in [9.17, 15) is 24.9 Å². The zero-order valence-corrected chi connectivity index (χ0v) is 14.0. The molecule has 0 amide bonds. The topological polar surface area (TPSA) is 151 Å². The van der Waals surface area contributed by atoms with Gasteiger partial charge in [0, 0.05) is 5.56 Å². The maximum atomic E-state index is 12.4. The molecular weight excluding hydrogens is 348 g/mol. The first kappa shape index (κ1) is 18.3. The SMILES string of the molecule is COC(=O)c1cc2[nH]cnc2c([C@@H]2O[C@H](CO)[C@@H](O)[C@H]2O)c1C(=O)OC. The molecule has 1 aliphatic rings. The Balaban J connectivity index is 2.30. The van der Waals surface area contributed by atoms with Gasteiger partial charge in [0.25, 0.3) is 0 Å². The quantitative estimate of drug-likeness (QED) is 0.514. The molecule has 2 heterocycles. The van der Waals surface area contributed by atoms with E-state index < -0.39 is 43.0 Å². The number of carbonyl (C=O) groups is 2. The zero-order valence-electron chi connectivity index (χ0n) is 14.0. The molecule has 1 saturated heterocycles. The van der Waals surface area contributed by atoms with E-state index in [1.165, 1.54) is 12.4 Å². The molecule has 140 valence electrons. The average Bonchev–Trinajstić information content (AvgIpc) is 3.24. The lowest BCUT2D eigenvalue weighted by molar-refractivity contribution is -0.0227. The van der Waals surface area contributed by atoms with Crippen molar-refractivity contribution in [2.24, 2.45) is 0 Å². The second kappa shape index (κ2) is 7.00. The van der Waals surface area contributed by atoms with Gasteiger partial charge in [-0.15, -0.1) is 0 Å². The van der Waals surface area contributed by atoms with E-state index in [0.717, 1.165) is 14.2 Å². The molecule has 0 aliphatic carbocycles. The first-order valence-corrected chi connectivity index (χ1v) is 7.73. The number of hydrogen-bond acceptors (Lipinski definition) is 9. The number of rotatable bonds is 4.